The van der Waals surface area contributed by atoms with E-state index in [2.05, 4.69) is 5.10 Å². The molecular formula is C11H11ClN2O. The highest BCUT2D eigenvalue weighted by molar-refractivity contribution is 6.31. The number of H-pyrrole nitrogens is 1. The molecule has 2 aromatic rings. The highest BCUT2D eigenvalue weighted by Gasteiger charge is 2.06. The number of aromatic amines is 1. The van der Waals surface area contributed by atoms with Crippen molar-refractivity contribution in [2.45, 2.75) is 13.8 Å². The van der Waals surface area contributed by atoms with Crippen molar-refractivity contribution in [1.82, 2.24) is 9.78 Å². The minimum Gasteiger partial charge on any atom is -0.268 e. The summed E-state index contributed by atoms with van der Waals surface area (Å²) in [5, 5.41) is 3.43. The van der Waals surface area contributed by atoms with E-state index in [9.17, 15) is 4.79 Å². The summed E-state index contributed by atoms with van der Waals surface area (Å²) in [5.41, 5.74) is 2.62. The second kappa shape index (κ2) is 3.59. The fourth-order valence-corrected chi connectivity index (χ4v) is 1.74. The topological polar surface area (TPSA) is 37.8 Å². The Morgan fingerprint density at radius 3 is 2.67 bits per heavy atom. The molecule has 2 rings (SSSR count). The van der Waals surface area contributed by atoms with Crippen LogP contribution in [0.3, 0.4) is 0 Å². The molecule has 1 aromatic carbocycles. The minimum absolute atomic E-state index is 0.105. The first-order chi connectivity index (χ1) is 7.09. The molecule has 0 fully saturated rings. The lowest BCUT2D eigenvalue weighted by molar-refractivity contribution is 0.828. The average molecular weight is 223 g/mol. The van der Waals surface area contributed by atoms with Crippen molar-refractivity contribution in [1.29, 1.82) is 0 Å². The predicted octanol–water partition coefficient (Wildman–Crippen LogP) is 2.44. The number of aromatic nitrogens is 2. The van der Waals surface area contributed by atoms with E-state index in [0.717, 1.165) is 16.9 Å². The highest BCUT2D eigenvalue weighted by Crippen LogP contribution is 2.21. The SMILES string of the molecule is Cc1c(Cl)cccc1-n1[nH]c(=O)cc1C. The molecular weight excluding hydrogens is 212 g/mol. The van der Waals surface area contributed by atoms with Crippen LogP contribution in [-0.2, 0) is 0 Å². The van der Waals surface area contributed by atoms with E-state index in [1.807, 2.05) is 32.0 Å². The molecule has 0 bridgehead atoms. The summed E-state index contributed by atoms with van der Waals surface area (Å²) in [5.74, 6) is 0. The van der Waals surface area contributed by atoms with Crippen LogP contribution in [0.4, 0.5) is 0 Å². The molecule has 0 aliphatic rings. The molecule has 1 aromatic heterocycles. The lowest BCUT2D eigenvalue weighted by Gasteiger charge is -2.09. The Bertz CT molecular complexity index is 554. The van der Waals surface area contributed by atoms with Crippen molar-refractivity contribution < 1.29 is 0 Å². The van der Waals surface area contributed by atoms with Crippen LogP contribution in [0.1, 0.15) is 11.3 Å². The summed E-state index contributed by atoms with van der Waals surface area (Å²) >= 11 is 6.02. The largest absolute Gasteiger partial charge is 0.268 e. The fraction of sp³-hybridized carbons (Fsp3) is 0.182. The van der Waals surface area contributed by atoms with Gasteiger partial charge in [-0.05, 0) is 31.5 Å². The number of nitrogens with zero attached hydrogens (tertiary/aromatic N) is 1. The Labute approximate surface area is 92.3 Å². The summed E-state index contributed by atoms with van der Waals surface area (Å²) in [6, 6.07) is 7.17. The van der Waals surface area contributed by atoms with Crippen molar-refractivity contribution in [3.8, 4) is 5.69 Å². The number of benzene rings is 1. The van der Waals surface area contributed by atoms with Gasteiger partial charge in [0.2, 0.25) is 0 Å². The van der Waals surface area contributed by atoms with Crippen LogP contribution in [0.25, 0.3) is 5.69 Å². The van der Waals surface area contributed by atoms with Crippen molar-refractivity contribution in [2.24, 2.45) is 0 Å². The summed E-state index contributed by atoms with van der Waals surface area (Å²) in [6.07, 6.45) is 0. The minimum atomic E-state index is -0.105. The molecule has 0 unspecified atom stereocenters. The monoisotopic (exact) mass is 222 g/mol. The zero-order valence-corrected chi connectivity index (χ0v) is 9.30. The quantitative estimate of drug-likeness (QED) is 0.791. The number of nitrogens with one attached hydrogen (secondary N) is 1. The van der Waals surface area contributed by atoms with Crippen LogP contribution in [-0.4, -0.2) is 9.78 Å². The first-order valence-electron chi connectivity index (χ1n) is 4.64. The second-order valence-corrected chi connectivity index (χ2v) is 3.89. The van der Waals surface area contributed by atoms with Crippen molar-refractivity contribution >= 4 is 11.6 Å². The number of hydrogen-bond acceptors (Lipinski definition) is 1. The molecule has 0 saturated carbocycles. The molecule has 4 heteroatoms. The Morgan fingerprint density at radius 1 is 1.33 bits per heavy atom. The van der Waals surface area contributed by atoms with Crippen LogP contribution >= 0.6 is 11.6 Å². The lowest BCUT2D eigenvalue weighted by atomic mass is 10.2. The predicted molar refractivity (Wildman–Crippen MR) is 60.9 cm³/mol. The van der Waals surface area contributed by atoms with Gasteiger partial charge in [-0.15, -0.1) is 0 Å². The maximum atomic E-state index is 11.2. The Kier molecular flexibility index (Phi) is 2.40. The molecule has 0 spiro atoms. The Balaban J connectivity index is 2.69. The number of hydrogen-bond donors (Lipinski definition) is 1. The number of rotatable bonds is 1. The normalized spacial score (nSPS) is 10.6. The van der Waals surface area contributed by atoms with Crippen molar-refractivity contribution in [3.05, 3.63) is 50.9 Å². The first kappa shape index (κ1) is 10.1. The van der Waals surface area contributed by atoms with E-state index in [-0.39, 0.29) is 5.56 Å². The third kappa shape index (κ3) is 1.70. The highest BCUT2D eigenvalue weighted by atomic mass is 35.5. The average Bonchev–Trinajstić information content (AvgIpc) is 2.50. The molecule has 0 atom stereocenters. The van der Waals surface area contributed by atoms with Crippen LogP contribution in [0, 0.1) is 13.8 Å². The first-order valence-corrected chi connectivity index (χ1v) is 5.01. The van der Waals surface area contributed by atoms with Gasteiger partial charge in [-0.2, -0.15) is 0 Å². The van der Waals surface area contributed by atoms with Gasteiger partial charge in [0.25, 0.3) is 5.56 Å². The third-order valence-electron chi connectivity index (χ3n) is 2.39. The Morgan fingerprint density at radius 2 is 2.07 bits per heavy atom. The molecule has 1 heterocycles. The molecule has 0 saturated heterocycles. The van der Waals surface area contributed by atoms with Crippen LogP contribution in [0.2, 0.25) is 5.02 Å². The van der Waals surface area contributed by atoms with Gasteiger partial charge in [-0.3, -0.25) is 14.6 Å². The number of halogens is 1. The van der Waals surface area contributed by atoms with E-state index < -0.39 is 0 Å². The summed E-state index contributed by atoms with van der Waals surface area (Å²) < 4.78 is 1.74. The molecule has 0 aliphatic carbocycles. The van der Waals surface area contributed by atoms with Crippen molar-refractivity contribution in [2.75, 3.05) is 0 Å². The van der Waals surface area contributed by atoms with Gasteiger partial charge in [0, 0.05) is 16.8 Å². The lowest BCUT2D eigenvalue weighted by Crippen LogP contribution is -2.05. The van der Waals surface area contributed by atoms with Gasteiger partial charge >= 0.3 is 0 Å². The summed E-state index contributed by atoms with van der Waals surface area (Å²) in [4.78, 5) is 11.2. The van der Waals surface area contributed by atoms with E-state index >= 15 is 0 Å². The van der Waals surface area contributed by atoms with Crippen LogP contribution in [0.15, 0.2) is 29.1 Å². The van der Waals surface area contributed by atoms with E-state index in [0.29, 0.717) is 5.02 Å². The van der Waals surface area contributed by atoms with Gasteiger partial charge in [0.05, 0.1) is 5.69 Å². The van der Waals surface area contributed by atoms with E-state index in [1.165, 1.54) is 0 Å². The number of aryl methyl sites for hydroxylation is 1. The second-order valence-electron chi connectivity index (χ2n) is 3.48. The van der Waals surface area contributed by atoms with Crippen molar-refractivity contribution in [3.63, 3.8) is 0 Å². The molecule has 0 aliphatic heterocycles. The molecule has 15 heavy (non-hydrogen) atoms. The van der Waals surface area contributed by atoms with Gasteiger partial charge < -0.3 is 0 Å². The molecule has 0 amide bonds. The van der Waals surface area contributed by atoms with Gasteiger partial charge in [0.15, 0.2) is 0 Å². The van der Waals surface area contributed by atoms with Crippen LogP contribution < -0.4 is 5.56 Å². The zero-order chi connectivity index (χ0) is 11.0. The van der Waals surface area contributed by atoms with Gasteiger partial charge in [-0.25, -0.2) is 0 Å². The van der Waals surface area contributed by atoms with Gasteiger partial charge in [-0.1, -0.05) is 17.7 Å². The molecule has 78 valence electrons. The maximum absolute atomic E-state index is 11.2. The molecule has 1 N–H and O–H groups in total. The van der Waals surface area contributed by atoms with Gasteiger partial charge in [0.1, 0.15) is 0 Å². The molecule has 3 nitrogen and oxygen atoms in total. The maximum Gasteiger partial charge on any atom is 0.264 e. The third-order valence-corrected chi connectivity index (χ3v) is 2.80. The Hall–Kier alpha value is -1.48. The fourth-order valence-electron chi connectivity index (χ4n) is 1.57. The van der Waals surface area contributed by atoms with E-state index in [1.54, 1.807) is 10.7 Å². The smallest absolute Gasteiger partial charge is 0.264 e. The van der Waals surface area contributed by atoms with E-state index in [4.69, 9.17) is 11.6 Å². The summed E-state index contributed by atoms with van der Waals surface area (Å²) in [7, 11) is 0. The summed E-state index contributed by atoms with van der Waals surface area (Å²) in [6.45, 7) is 3.80. The zero-order valence-electron chi connectivity index (χ0n) is 8.54. The van der Waals surface area contributed by atoms with Crippen LogP contribution in [0.5, 0.6) is 0 Å². The molecule has 0 radical (unpaired) electrons. The standard InChI is InChI=1S/C11H11ClN2O/c1-7-6-11(15)13-14(7)10-5-3-4-9(12)8(10)2/h3-6H,1-2H3,(H,13,15).